The average molecular weight is 362 g/mol. The number of piperidine rings is 1. The minimum Gasteiger partial charge on any atom is -0.497 e. The highest BCUT2D eigenvalue weighted by molar-refractivity contribution is 5.96. The predicted molar refractivity (Wildman–Crippen MR) is 95.9 cm³/mol. The van der Waals surface area contributed by atoms with Gasteiger partial charge in [-0.3, -0.25) is 14.4 Å². The quantitative estimate of drug-likeness (QED) is 0.747. The molecule has 0 radical (unpaired) electrons. The molecule has 0 spiro atoms. The highest BCUT2D eigenvalue weighted by Crippen LogP contribution is 2.19. The van der Waals surface area contributed by atoms with Gasteiger partial charge in [-0.2, -0.15) is 0 Å². The van der Waals surface area contributed by atoms with Crippen molar-refractivity contribution in [1.82, 2.24) is 10.2 Å². The normalized spacial score (nSPS) is 16.7. The molecule has 0 aliphatic carbocycles. The van der Waals surface area contributed by atoms with E-state index in [1.165, 1.54) is 7.11 Å². The lowest BCUT2D eigenvalue weighted by Crippen LogP contribution is -2.45. The number of carbonyl (C=O) groups excluding carboxylic acids is 3. The van der Waals surface area contributed by atoms with E-state index >= 15 is 0 Å². The number of amides is 2. The van der Waals surface area contributed by atoms with E-state index in [4.69, 9.17) is 9.47 Å². The second-order valence-corrected chi connectivity index (χ2v) is 6.22. The molecule has 1 aliphatic rings. The smallest absolute Gasteiger partial charge is 0.325 e. The summed E-state index contributed by atoms with van der Waals surface area (Å²) < 4.78 is 10.1. The van der Waals surface area contributed by atoms with Gasteiger partial charge in [0.1, 0.15) is 12.3 Å². The van der Waals surface area contributed by atoms with E-state index in [9.17, 15) is 14.4 Å². The second-order valence-electron chi connectivity index (χ2n) is 6.22. The minimum absolute atomic E-state index is 0.177. The Morgan fingerprint density at radius 3 is 2.81 bits per heavy atom. The van der Waals surface area contributed by atoms with Gasteiger partial charge in [0.2, 0.25) is 0 Å². The van der Waals surface area contributed by atoms with Crippen LogP contribution in [0.4, 0.5) is 0 Å². The summed E-state index contributed by atoms with van der Waals surface area (Å²) in [6.07, 6.45) is 3.99. The van der Waals surface area contributed by atoms with E-state index < -0.39 is 11.9 Å². The Morgan fingerprint density at radius 2 is 2.08 bits per heavy atom. The molecule has 0 unspecified atom stereocenters. The minimum atomic E-state index is -0.639. The van der Waals surface area contributed by atoms with Gasteiger partial charge in [-0.05, 0) is 43.9 Å². The van der Waals surface area contributed by atoms with E-state index in [1.54, 1.807) is 29.2 Å². The zero-order valence-electron chi connectivity index (χ0n) is 15.3. The molecule has 7 nitrogen and oxygen atoms in total. The fourth-order valence-corrected chi connectivity index (χ4v) is 3.05. The molecule has 1 heterocycles. The first kappa shape index (κ1) is 19.8. The lowest BCUT2D eigenvalue weighted by Gasteiger charge is -2.35. The van der Waals surface area contributed by atoms with Crippen molar-refractivity contribution in [3.63, 3.8) is 0 Å². The maximum atomic E-state index is 12.2. The molecule has 142 valence electrons. The van der Waals surface area contributed by atoms with Crippen LogP contribution >= 0.6 is 0 Å². The maximum Gasteiger partial charge on any atom is 0.325 e. The molecule has 26 heavy (non-hydrogen) atoms. The fraction of sp³-hybridized carbons (Fsp3) is 0.526. The van der Waals surface area contributed by atoms with Crippen molar-refractivity contribution < 1.29 is 23.9 Å². The molecule has 1 fully saturated rings. The Labute approximate surface area is 153 Å². The van der Waals surface area contributed by atoms with E-state index in [-0.39, 0.29) is 25.1 Å². The molecule has 1 aromatic rings. The molecule has 0 bridgehead atoms. The molecule has 1 N–H and O–H groups in total. The number of likely N-dealkylation sites (tertiary alicyclic amines) is 1. The molecule has 2 rings (SSSR count). The van der Waals surface area contributed by atoms with Crippen LogP contribution in [0.15, 0.2) is 24.3 Å². The van der Waals surface area contributed by atoms with Gasteiger partial charge in [-0.1, -0.05) is 13.0 Å². The molecule has 1 saturated heterocycles. The van der Waals surface area contributed by atoms with E-state index in [0.29, 0.717) is 17.9 Å². The molecule has 7 heteroatoms. The highest BCUT2D eigenvalue weighted by Gasteiger charge is 2.25. The Kier molecular flexibility index (Phi) is 7.44. The monoisotopic (exact) mass is 362 g/mol. The first-order valence-electron chi connectivity index (χ1n) is 8.92. The third kappa shape index (κ3) is 5.47. The van der Waals surface area contributed by atoms with Crippen molar-refractivity contribution in [3.05, 3.63) is 29.8 Å². The molecule has 2 amide bonds. The van der Waals surface area contributed by atoms with Crippen molar-refractivity contribution in [3.8, 4) is 5.75 Å². The van der Waals surface area contributed by atoms with Crippen LogP contribution in [0.3, 0.4) is 0 Å². The molecule has 0 aromatic heterocycles. The van der Waals surface area contributed by atoms with Gasteiger partial charge in [-0.15, -0.1) is 0 Å². The number of carbonyl (C=O) groups is 3. The van der Waals surface area contributed by atoms with Crippen LogP contribution in [-0.2, 0) is 14.3 Å². The third-order valence-corrected chi connectivity index (χ3v) is 4.50. The SMILES string of the molecule is CC[C@H]1CCCCN1C(=O)COC(=O)CNC(=O)c1cccc(OC)c1. The summed E-state index contributed by atoms with van der Waals surface area (Å²) in [4.78, 5) is 37.9. The maximum absolute atomic E-state index is 12.2. The number of esters is 1. The Morgan fingerprint density at radius 1 is 1.27 bits per heavy atom. The van der Waals surface area contributed by atoms with Crippen LogP contribution in [0.1, 0.15) is 43.0 Å². The number of benzene rings is 1. The van der Waals surface area contributed by atoms with Gasteiger partial charge >= 0.3 is 5.97 Å². The van der Waals surface area contributed by atoms with Crippen LogP contribution < -0.4 is 10.1 Å². The average Bonchev–Trinajstić information content (AvgIpc) is 2.70. The second kappa shape index (κ2) is 9.79. The number of nitrogens with one attached hydrogen (secondary N) is 1. The molecule has 1 atom stereocenters. The Hall–Kier alpha value is -2.57. The first-order chi connectivity index (χ1) is 12.5. The van der Waals surface area contributed by atoms with Crippen LogP contribution in [-0.4, -0.2) is 55.5 Å². The molecule has 0 saturated carbocycles. The molecular weight excluding hydrogens is 336 g/mol. The first-order valence-corrected chi connectivity index (χ1v) is 8.92. The Balaban J connectivity index is 1.76. The highest BCUT2D eigenvalue weighted by atomic mass is 16.5. The van der Waals surface area contributed by atoms with E-state index in [2.05, 4.69) is 12.2 Å². The van der Waals surface area contributed by atoms with Gasteiger partial charge < -0.3 is 19.7 Å². The van der Waals surface area contributed by atoms with Gasteiger partial charge in [0.25, 0.3) is 11.8 Å². The number of hydrogen-bond donors (Lipinski definition) is 1. The predicted octanol–water partition coefficient (Wildman–Crippen LogP) is 1.76. The summed E-state index contributed by atoms with van der Waals surface area (Å²) in [6.45, 7) is 2.18. The molecule has 1 aromatic carbocycles. The summed E-state index contributed by atoms with van der Waals surface area (Å²) in [6, 6.07) is 6.83. The lowest BCUT2D eigenvalue weighted by molar-refractivity contribution is -0.152. The van der Waals surface area contributed by atoms with Crippen molar-refractivity contribution in [2.45, 2.75) is 38.6 Å². The van der Waals surface area contributed by atoms with Crippen molar-refractivity contribution >= 4 is 17.8 Å². The standard InChI is InChI=1S/C19H26N2O5/c1-3-15-8-4-5-10-21(15)17(22)13-26-18(23)12-20-19(24)14-7-6-9-16(11-14)25-2/h6-7,9,11,15H,3-5,8,10,12-13H2,1-2H3,(H,20,24)/t15-/m0/s1. The number of methoxy groups -OCH3 is 1. The van der Waals surface area contributed by atoms with Crippen LogP contribution in [0.25, 0.3) is 0 Å². The topological polar surface area (TPSA) is 84.9 Å². The van der Waals surface area contributed by atoms with Crippen LogP contribution in [0.5, 0.6) is 5.75 Å². The number of hydrogen-bond acceptors (Lipinski definition) is 5. The molecular formula is C19H26N2O5. The van der Waals surface area contributed by atoms with Crippen molar-refractivity contribution in [2.75, 3.05) is 26.8 Å². The summed E-state index contributed by atoms with van der Waals surface area (Å²) in [5.74, 6) is -0.671. The number of ether oxygens (including phenoxy) is 2. The molecule has 1 aliphatic heterocycles. The van der Waals surface area contributed by atoms with Crippen molar-refractivity contribution in [2.24, 2.45) is 0 Å². The summed E-state index contributed by atoms with van der Waals surface area (Å²) in [5, 5.41) is 2.48. The lowest BCUT2D eigenvalue weighted by atomic mass is 10.00. The Bertz CT molecular complexity index is 647. The van der Waals surface area contributed by atoms with Crippen LogP contribution in [0, 0.1) is 0 Å². The van der Waals surface area contributed by atoms with Gasteiger partial charge in [0.05, 0.1) is 7.11 Å². The van der Waals surface area contributed by atoms with Crippen molar-refractivity contribution in [1.29, 1.82) is 0 Å². The zero-order chi connectivity index (χ0) is 18.9. The van der Waals surface area contributed by atoms with Gasteiger partial charge in [0, 0.05) is 18.2 Å². The summed E-state index contributed by atoms with van der Waals surface area (Å²) >= 11 is 0. The fourth-order valence-electron chi connectivity index (χ4n) is 3.05. The van der Waals surface area contributed by atoms with Gasteiger partial charge in [0.15, 0.2) is 6.61 Å². The van der Waals surface area contributed by atoms with Gasteiger partial charge in [-0.25, -0.2) is 0 Å². The third-order valence-electron chi connectivity index (χ3n) is 4.50. The zero-order valence-corrected chi connectivity index (χ0v) is 15.3. The van der Waals surface area contributed by atoms with E-state index in [0.717, 1.165) is 25.7 Å². The van der Waals surface area contributed by atoms with Crippen LogP contribution in [0.2, 0.25) is 0 Å². The summed E-state index contributed by atoms with van der Waals surface area (Å²) in [7, 11) is 1.51. The largest absolute Gasteiger partial charge is 0.497 e. The number of nitrogens with zero attached hydrogens (tertiary/aromatic N) is 1. The van der Waals surface area contributed by atoms with E-state index in [1.807, 2.05) is 0 Å². The summed E-state index contributed by atoms with van der Waals surface area (Å²) in [5.41, 5.74) is 0.382. The number of rotatable bonds is 7.